The Bertz CT molecular complexity index is 849. The molecule has 2 atom stereocenters. The first-order chi connectivity index (χ1) is 13.3. The Kier molecular flexibility index (Phi) is 8.20. The number of carbonyl (C=O) groups excluding carboxylic acids is 1. The van der Waals surface area contributed by atoms with Gasteiger partial charge in [-0.3, -0.25) is 4.79 Å². The predicted molar refractivity (Wildman–Crippen MR) is 112 cm³/mol. The molecule has 28 heavy (non-hydrogen) atoms. The van der Waals surface area contributed by atoms with Gasteiger partial charge >= 0.3 is 0 Å². The number of amides is 1. The van der Waals surface area contributed by atoms with E-state index in [0.717, 1.165) is 24.0 Å². The van der Waals surface area contributed by atoms with E-state index < -0.39 is 10.0 Å². The average molecular weight is 403 g/mol. The molecule has 0 unspecified atom stereocenters. The van der Waals surface area contributed by atoms with Crippen LogP contribution < -0.4 is 10.0 Å². The van der Waals surface area contributed by atoms with E-state index in [0.29, 0.717) is 12.8 Å². The number of hydrogen-bond acceptors (Lipinski definition) is 3. The second kappa shape index (κ2) is 10.4. The normalized spacial score (nSPS) is 13.7. The van der Waals surface area contributed by atoms with Crippen molar-refractivity contribution in [3.05, 3.63) is 65.7 Å². The Morgan fingerprint density at radius 2 is 1.64 bits per heavy atom. The Labute approximate surface area is 168 Å². The molecule has 5 nitrogen and oxygen atoms in total. The van der Waals surface area contributed by atoms with Gasteiger partial charge in [-0.1, -0.05) is 55.8 Å². The summed E-state index contributed by atoms with van der Waals surface area (Å²) in [4.78, 5) is 12.2. The number of nitrogens with one attached hydrogen (secondary N) is 2. The van der Waals surface area contributed by atoms with Gasteiger partial charge < -0.3 is 5.32 Å². The molecule has 2 aromatic rings. The highest BCUT2D eigenvalue weighted by atomic mass is 32.2. The Hall–Kier alpha value is -2.18. The first-order valence-electron chi connectivity index (χ1n) is 9.77. The maximum Gasteiger partial charge on any atom is 0.241 e. The highest BCUT2D eigenvalue weighted by Gasteiger charge is 2.18. The van der Waals surface area contributed by atoms with Crippen LogP contribution in [0.5, 0.6) is 0 Å². The van der Waals surface area contributed by atoms with Gasteiger partial charge in [0.1, 0.15) is 0 Å². The molecular weight excluding hydrogens is 372 g/mol. The molecule has 2 N–H and O–H groups in total. The van der Waals surface area contributed by atoms with E-state index in [-0.39, 0.29) is 22.9 Å². The molecule has 0 bridgehead atoms. The lowest BCUT2D eigenvalue weighted by Crippen LogP contribution is -2.32. The van der Waals surface area contributed by atoms with E-state index in [1.165, 1.54) is 0 Å². The summed E-state index contributed by atoms with van der Waals surface area (Å²) in [6.45, 7) is 5.91. The molecule has 2 aromatic carbocycles. The standard InChI is InChI=1S/C22H30N2O3S/c1-4-8-17(2)23-22(25)16-13-19-11-14-21(15-12-19)28(26,27)24-18(3)20-9-6-5-7-10-20/h5-7,9-12,14-15,17-18,24H,4,8,13,16H2,1-3H3,(H,23,25)/t17-,18+/m0/s1. The van der Waals surface area contributed by atoms with Crippen molar-refractivity contribution in [1.82, 2.24) is 10.0 Å². The molecule has 0 heterocycles. The van der Waals surface area contributed by atoms with Gasteiger partial charge in [0, 0.05) is 18.5 Å². The largest absolute Gasteiger partial charge is 0.354 e. The van der Waals surface area contributed by atoms with Gasteiger partial charge in [-0.2, -0.15) is 0 Å². The van der Waals surface area contributed by atoms with Crippen LogP contribution in [0, 0.1) is 0 Å². The van der Waals surface area contributed by atoms with Crippen molar-refractivity contribution < 1.29 is 13.2 Å². The molecule has 6 heteroatoms. The zero-order valence-electron chi connectivity index (χ0n) is 16.8. The van der Waals surface area contributed by atoms with Crippen molar-refractivity contribution in [2.45, 2.75) is 63.4 Å². The first-order valence-corrected chi connectivity index (χ1v) is 11.3. The zero-order valence-corrected chi connectivity index (χ0v) is 17.6. The molecule has 152 valence electrons. The van der Waals surface area contributed by atoms with E-state index in [1.54, 1.807) is 24.3 Å². The van der Waals surface area contributed by atoms with E-state index in [9.17, 15) is 13.2 Å². The molecule has 0 aromatic heterocycles. The average Bonchev–Trinajstić information content (AvgIpc) is 2.67. The SMILES string of the molecule is CCC[C@H](C)NC(=O)CCc1ccc(S(=O)(=O)N[C@H](C)c2ccccc2)cc1. The minimum atomic E-state index is -3.61. The summed E-state index contributed by atoms with van der Waals surface area (Å²) >= 11 is 0. The van der Waals surface area contributed by atoms with E-state index in [2.05, 4.69) is 17.0 Å². The third-order valence-electron chi connectivity index (χ3n) is 4.63. The monoisotopic (exact) mass is 402 g/mol. The number of benzene rings is 2. The van der Waals surface area contributed by atoms with Gasteiger partial charge in [0.2, 0.25) is 15.9 Å². The number of sulfonamides is 1. The summed E-state index contributed by atoms with van der Waals surface area (Å²) < 4.78 is 27.9. The summed E-state index contributed by atoms with van der Waals surface area (Å²) in [5.41, 5.74) is 1.85. The molecule has 2 rings (SSSR count). The van der Waals surface area contributed by atoms with Gasteiger partial charge in [-0.25, -0.2) is 13.1 Å². The molecule has 0 saturated heterocycles. The minimum Gasteiger partial charge on any atom is -0.354 e. The van der Waals surface area contributed by atoms with Crippen molar-refractivity contribution in [3.63, 3.8) is 0 Å². The van der Waals surface area contributed by atoms with Crippen LogP contribution in [0.4, 0.5) is 0 Å². The molecule has 0 aliphatic rings. The zero-order chi connectivity index (χ0) is 20.6. The maximum atomic E-state index is 12.6. The lowest BCUT2D eigenvalue weighted by Gasteiger charge is -2.15. The first kappa shape index (κ1) is 22.1. The van der Waals surface area contributed by atoms with Crippen molar-refractivity contribution >= 4 is 15.9 Å². The highest BCUT2D eigenvalue weighted by molar-refractivity contribution is 7.89. The van der Waals surface area contributed by atoms with Crippen LogP contribution in [0.3, 0.4) is 0 Å². The molecule has 0 aliphatic carbocycles. The molecule has 0 saturated carbocycles. The molecular formula is C22H30N2O3S. The van der Waals surface area contributed by atoms with Crippen LogP contribution in [0.2, 0.25) is 0 Å². The Balaban J connectivity index is 1.93. The fourth-order valence-corrected chi connectivity index (χ4v) is 4.29. The van der Waals surface area contributed by atoms with Crippen molar-refractivity contribution in [1.29, 1.82) is 0 Å². The topological polar surface area (TPSA) is 75.3 Å². The third kappa shape index (κ3) is 6.77. The van der Waals surface area contributed by atoms with Crippen LogP contribution in [0.1, 0.15) is 57.2 Å². The number of rotatable bonds is 10. The van der Waals surface area contributed by atoms with Gasteiger partial charge in [0.25, 0.3) is 0 Å². The van der Waals surface area contributed by atoms with Crippen LogP contribution in [0.15, 0.2) is 59.5 Å². The predicted octanol–water partition coefficient (Wildman–Crippen LogP) is 3.96. The van der Waals surface area contributed by atoms with Crippen LogP contribution in [-0.4, -0.2) is 20.4 Å². The van der Waals surface area contributed by atoms with Gasteiger partial charge in [0.15, 0.2) is 0 Å². The Morgan fingerprint density at radius 1 is 1.00 bits per heavy atom. The molecule has 0 fully saturated rings. The highest BCUT2D eigenvalue weighted by Crippen LogP contribution is 2.17. The van der Waals surface area contributed by atoms with Crippen LogP contribution in [0.25, 0.3) is 0 Å². The van der Waals surface area contributed by atoms with Crippen molar-refractivity contribution in [2.75, 3.05) is 0 Å². The smallest absolute Gasteiger partial charge is 0.241 e. The fraction of sp³-hybridized carbons (Fsp3) is 0.409. The molecule has 1 amide bonds. The lowest BCUT2D eigenvalue weighted by atomic mass is 10.1. The van der Waals surface area contributed by atoms with Crippen LogP contribution in [-0.2, 0) is 21.2 Å². The summed E-state index contributed by atoms with van der Waals surface area (Å²) in [5.74, 6) is 0.0241. The second-order valence-corrected chi connectivity index (χ2v) is 8.87. The number of carbonyl (C=O) groups is 1. The summed E-state index contributed by atoms with van der Waals surface area (Å²) in [6.07, 6.45) is 2.98. The summed E-state index contributed by atoms with van der Waals surface area (Å²) in [6, 6.07) is 16.0. The minimum absolute atomic E-state index is 0.0241. The van der Waals surface area contributed by atoms with Gasteiger partial charge in [0.05, 0.1) is 4.90 Å². The number of hydrogen-bond donors (Lipinski definition) is 2. The van der Waals surface area contributed by atoms with E-state index in [4.69, 9.17) is 0 Å². The van der Waals surface area contributed by atoms with Crippen molar-refractivity contribution in [3.8, 4) is 0 Å². The van der Waals surface area contributed by atoms with E-state index >= 15 is 0 Å². The number of aryl methyl sites for hydroxylation is 1. The summed E-state index contributed by atoms with van der Waals surface area (Å²) in [7, 11) is -3.61. The van der Waals surface area contributed by atoms with Crippen LogP contribution >= 0.6 is 0 Å². The molecule has 0 radical (unpaired) electrons. The fourth-order valence-electron chi connectivity index (χ4n) is 3.06. The van der Waals surface area contributed by atoms with Gasteiger partial charge in [-0.15, -0.1) is 0 Å². The Morgan fingerprint density at radius 3 is 2.25 bits per heavy atom. The maximum absolute atomic E-state index is 12.6. The second-order valence-electron chi connectivity index (χ2n) is 7.15. The third-order valence-corrected chi connectivity index (χ3v) is 6.19. The molecule has 0 spiro atoms. The lowest BCUT2D eigenvalue weighted by molar-refractivity contribution is -0.121. The van der Waals surface area contributed by atoms with E-state index in [1.807, 2.05) is 44.2 Å². The molecule has 0 aliphatic heterocycles. The van der Waals surface area contributed by atoms with Gasteiger partial charge in [-0.05, 0) is 49.9 Å². The van der Waals surface area contributed by atoms with Crippen molar-refractivity contribution in [2.24, 2.45) is 0 Å². The summed E-state index contributed by atoms with van der Waals surface area (Å²) in [5, 5.41) is 2.98. The quantitative estimate of drug-likeness (QED) is 0.631.